The molecule has 132 valence electrons. The normalized spacial score (nSPS) is 12.1. The van der Waals surface area contributed by atoms with Crippen LogP contribution < -0.4 is 0 Å². The molecule has 0 saturated heterocycles. The van der Waals surface area contributed by atoms with Crippen molar-refractivity contribution in [2.24, 2.45) is 0 Å². The molecule has 8 heteroatoms. The van der Waals surface area contributed by atoms with Gasteiger partial charge >= 0.3 is 6.18 Å². The van der Waals surface area contributed by atoms with Crippen LogP contribution in [-0.2, 0) is 28.5 Å². The van der Waals surface area contributed by atoms with Crippen LogP contribution in [0.15, 0.2) is 54.6 Å². The van der Waals surface area contributed by atoms with Crippen LogP contribution in [0.5, 0.6) is 0 Å². The van der Waals surface area contributed by atoms with Crippen molar-refractivity contribution in [1.29, 1.82) is 5.26 Å². The summed E-state index contributed by atoms with van der Waals surface area (Å²) < 4.78 is 64.4. The van der Waals surface area contributed by atoms with Gasteiger partial charge in [-0.15, -0.1) is 0 Å². The zero-order valence-corrected chi connectivity index (χ0v) is 13.9. The third kappa shape index (κ3) is 5.31. The van der Waals surface area contributed by atoms with Gasteiger partial charge in [-0.3, -0.25) is 0 Å². The molecular weight excluding hydrogens is 353 g/mol. The maximum absolute atomic E-state index is 12.8. The summed E-state index contributed by atoms with van der Waals surface area (Å²) in [4.78, 5) is 0. The smallest absolute Gasteiger partial charge is 0.212 e. The average molecular weight is 368 g/mol. The van der Waals surface area contributed by atoms with Crippen LogP contribution >= 0.6 is 0 Å². The molecule has 4 nitrogen and oxygen atoms in total. The van der Waals surface area contributed by atoms with Crippen LogP contribution in [0.2, 0.25) is 0 Å². The molecule has 0 aliphatic rings. The van der Waals surface area contributed by atoms with Crippen LogP contribution in [0, 0.1) is 11.3 Å². The van der Waals surface area contributed by atoms with E-state index < -0.39 is 27.5 Å². The topological polar surface area (TPSA) is 61.2 Å². The SMILES string of the molecule is N#CCN(Cc1ccccc1)S(=O)(=O)Cc1cccc(C(F)(F)F)c1. The van der Waals surface area contributed by atoms with Gasteiger partial charge in [0.2, 0.25) is 10.0 Å². The van der Waals surface area contributed by atoms with Gasteiger partial charge in [-0.2, -0.15) is 22.7 Å². The van der Waals surface area contributed by atoms with Crippen molar-refractivity contribution in [3.8, 4) is 6.07 Å². The fourth-order valence-electron chi connectivity index (χ4n) is 2.26. The minimum absolute atomic E-state index is 0.0182. The molecule has 0 N–H and O–H groups in total. The second-order valence-corrected chi connectivity index (χ2v) is 7.34. The number of halogens is 3. The van der Waals surface area contributed by atoms with Crippen LogP contribution in [-0.4, -0.2) is 19.3 Å². The van der Waals surface area contributed by atoms with Crippen LogP contribution in [0.3, 0.4) is 0 Å². The third-order valence-electron chi connectivity index (χ3n) is 3.45. The summed E-state index contributed by atoms with van der Waals surface area (Å²) in [5.74, 6) is -0.606. The predicted octanol–water partition coefficient (Wildman–Crippen LogP) is 3.56. The molecule has 0 radical (unpaired) electrons. The first-order chi connectivity index (χ1) is 11.7. The Bertz CT molecular complexity index is 859. The van der Waals surface area contributed by atoms with E-state index in [9.17, 15) is 21.6 Å². The summed E-state index contributed by atoms with van der Waals surface area (Å²) in [7, 11) is -3.95. The molecule has 2 rings (SSSR count). The first kappa shape index (κ1) is 19.0. The van der Waals surface area contributed by atoms with Gasteiger partial charge in [-0.05, 0) is 17.2 Å². The van der Waals surface area contributed by atoms with E-state index in [1.165, 1.54) is 12.1 Å². The van der Waals surface area contributed by atoms with Crippen molar-refractivity contribution in [2.45, 2.75) is 18.5 Å². The molecule has 2 aromatic rings. The summed E-state index contributed by atoms with van der Waals surface area (Å²) in [5, 5.41) is 8.89. The van der Waals surface area contributed by atoms with E-state index >= 15 is 0 Å². The van der Waals surface area contributed by atoms with Crippen molar-refractivity contribution in [1.82, 2.24) is 4.31 Å². The van der Waals surface area contributed by atoms with Crippen molar-refractivity contribution < 1.29 is 21.6 Å². The van der Waals surface area contributed by atoms with Crippen molar-refractivity contribution in [3.05, 3.63) is 71.3 Å². The van der Waals surface area contributed by atoms with Crippen molar-refractivity contribution in [2.75, 3.05) is 6.54 Å². The first-order valence-corrected chi connectivity index (χ1v) is 8.88. The molecule has 0 spiro atoms. The highest BCUT2D eigenvalue weighted by Gasteiger charge is 2.31. The Morgan fingerprint density at radius 2 is 1.64 bits per heavy atom. The monoisotopic (exact) mass is 368 g/mol. The maximum Gasteiger partial charge on any atom is 0.416 e. The van der Waals surface area contributed by atoms with E-state index in [1.54, 1.807) is 36.4 Å². The van der Waals surface area contributed by atoms with E-state index in [1.807, 2.05) is 0 Å². The molecule has 0 bridgehead atoms. The standard InChI is InChI=1S/C17H15F3N2O2S/c18-17(19,20)16-8-4-7-15(11-16)13-25(23,24)22(10-9-21)12-14-5-2-1-3-6-14/h1-8,11H,10,12-13H2. The van der Waals surface area contributed by atoms with Crippen LogP contribution in [0.4, 0.5) is 13.2 Å². The lowest BCUT2D eigenvalue weighted by molar-refractivity contribution is -0.137. The molecule has 0 aliphatic carbocycles. The lowest BCUT2D eigenvalue weighted by atomic mass is 10.1. The second kappa shape index (κ2) is 7.68. The zero-order chi connectivity index (χ0) is 18.5. The van der Waals surface area contributed by atoms with E-state index in [2.05, 4.69) is 0 Å². The Balaban J connectivity index is 2.24. The van der Waals surface area contributed by atoms with Gasteiger partial charge in [0, 0.05) is 6.54 Å². The van der Waals surface area contributed by atoms with Crippen LogP contribution in [0.1, 0.15) is 16.7 Å². The largest absolute Gasteiger partial charge is 0.416 e. The molecule has 0 aromatic heterocycles. The van der Waals surface area contributed by atoms with Gasteiger partial charge in [-0.1, -0.05) is 48.5 Å². The first-order valence-electron chi connectivity index (χ1n) is 7.27. The van der Waals surface area contributed by atoms with Crippen molar-refractivity contribution in [3.63, 3.8) is 0 Å². The van der Waals surface area contributed by atoms with Gasteiger partial charge in [0.05, 0.1) is 17.4 Å². The molecule has 2 aromatic carbocycles. The summed E-state index contributed by atoms with van der Waals surface area (Å²) in [6, 6.07) is 14.6. The lowest BCUT2D eigenvalue weighted by Gasteiger charge is -2.20. The zero-order valence-electron chi connectivity index (χ0n) is 13.1. The third-order valence-corrected chi connectivity index (χ3v) is 5.19. The minimum atomic E-state index is -4.55. The molecule has 0 aliphatic heterocycles. The summed E-state index contributed by atoms with van der Waals surface area (Å²) in [6.45, 7) is -0.397. The van der Waals surface area contributed by atoms with Gasteiger partial charge in [0.15, 0.2) is 0 Å². The number of sulfonamides is 1. The Labute approximate surface area is 144 Å². The molecule has 0 unspecified atom stereocenters. The van der Waals surface area contributed by atoms with Gasteiger partial charge in [0.1, 0.15) is 6.54 Å². The number of hydrogen-bond acceptors (Lipinski definition) is 3. The van der Waals surface area contributed by atoms with Gasteiger partial charge < -0.3 is 0 Å². The van der Waals surface area contributed by atoms with E-state index in [-0.39, 0.29) is 18.7 Å². The van der Waals surface area contributed by atoms with Gasteiger partial charge in [0.25, 0.3) is 0 Å². The molecular formula is C17H15F3N2O2S. The summed E-state index contributed by atoms with van der Waals surface area (Å²) in [6.07, 6.45) is -4.55. The number of rotatable bonds is 6. The Morgan fingerprint density at radius 1 is 1.00 bits per heavy atom. The Hall–Kier alpha value is -2.37. The average Bonchev–Trinajstić information content (AvgIpc) is 2.54. The highest BCUT2D eigenvalue weighted by atomic mass is 32.2. The summed E-state index contributed by atoms with van der Waals surface area (Å²) in [5.41, 5.74) is -0.203. The van der Waals surface area contributed by atoms with E-state index in [4.69, 9.17) is 5.26 Å². The summed E-state index contributed by atoms with van der Waals surface area (Å²) >= 11 is 0. The van der Waals surface area contributed by atoms with Gasteiger partial charge in [-0.25, -0.2) is 8.42 Å². The second-order valence-electron chi connectivity index (χ2n) is 5.37. The van der Waals surface area contributed by atoms with Crippen LogP contribution in [0.25, 0.3) is 0 Å². The molecule has 0 fully saturated rings. The number of alkyl halides is 3. The Morgan fingerprint density at radius 3 is 2.24 bits per heavy atom. The highest BCUT2D eigenvalue weighted by Crippen LogP contribution is 2.30. The fourth-order valence-corrected chi connectivity index (χ4v) is 3.64. The number of benzene rings is 2. The molecule has 0 saturated carbocycles. The Kier molecular flexibility index (Phi) is 5.82. The highest BCUT2D eigenvalue weighted by molar-refractivity contribution is 7.88. The number of nitriles is 1. The number of nitrogens with zero attached hydrogens (tertiary/aromatic N) is 2. The quantitative estimate of drug-likeness (QED) is 0.733. The fraction of sp³-hybridized carbons (Fsp3) is 0.235. The number of hydrogen-bond donors (Lipinski definition) is 0. The molecule has 0 atom stereocenters. The minimum Gasteiger partial charge on any atom is -0.212 e. The van der Waals surface area contributed by atoms with Crippen molar-refractivity contribution >= 4 is 10.0 Å². The maximum atomic E-state index is 12.8. The van der Waals surface area contributed by atoms with E-state index in [0.717, 1.165) is 16.4 Å². The molecule has 25 heavy (non-hydrogen) atoms. The molecule has 0 amide bonds. The molecule has 0 heterocycles. The predicted molar refractivity (Wildman–Crippen MR) is 86.5 cm³/mol. The van der Waals surface area contributed by atoms with E-state index in [0.29, 0.717) is 5.56 Å². The lowest BCUT2D eigenvalue weighted by Crippen LogP contribution is -2.32.